The molecule has 0 radical (unpaired) electrons. The molecular weight excluding hydrogens is 479 g/mol. The number of halogens is 3. The largest absolute Gasteiger partial charge is 0.507 e. The maximum absolute atomic E-state index is 14.0. The van der Waals surface area contributed by atoms with Gasteiger partial charge >= 0.3 is 12.1 Å². The van der Waals surface area contributed by atoms with Crippen molar-refractivity contribution in [3.8, 4) is 17.2 Å². The highest BCUT2D eigenvalue weighted by Crippen LogP contribution is 2.39. The van der Waals surface area contributed by atoms with Crippen molar-refractivity contribution < 1.29 is 41.9 Å². The molecule has 1 aromatic heterocycles. The van der Waals surface area contributed by atoms with Crippen LogP contribution in [0.5, 0.6) is 17.2 Å². The average molecular weight is 506 g/mol. The van der Waals surface area contributed by atoms with Crippen LogP contribution >= 0.6 is 0 Å². The molecular formula is C26H27F3NO6+. The molecule has 1 aliphatic rings. The van der Waals surface area contributed by atoms with Crippen LogP contribution < -0.4 is 15.1 Å². The fraction of sp³-hybridized carbons (Fsp3) is 0.385. The van der Waals surface area contributed by atoms with Crippen LogP contribution in [-0.4, -0.2) is 30.8 Å². The number of benzene rings is 2. The lowest BCUT2D eigenvalue weighted by atomic mass is 9.99. The van der Waals surface area contributed by atoms with Gasteiger partial charge in [-0.25, -0.2) is 4.79 Å². The third-order valence-electron chi connectivity index (χ3n) is 6.23. The molecule has 2 aromatic carbocycles. The van der Waals surface area contributed by atoms with E-state index < -0.39 is 29.1 Å². The van der Waals surface area contributed by atoms with Gasteiger partial charge in [-0.2, -0.15) is 13.2 Å². The number of carbonyl (C=O) groups excluding carboxylic acids is 1. The maximum Gasteiger partial charge on any atom is 0.453 e. The first kappa shape index (κ1) is 25.6. The van der Waals surface area contributed by atoms with E-state index in [2.05, 4.69) is 6.92 Å². The number of aromatic hydroxyl groups is 1. The minimum atomic E-state index is -5.04. The first-order valence-corrected chi connectivity index (χ1v) is 11.8. The van der Waals surface area contributed by atoms with Crippen LogP contribution in [0.15, 0.2) is 45.6 Å². The zero-order chi connectivity index (χ0) is 26.0. The molecule has 4 rings (SSSR count). The predicted octanol–water partition coefficient (Wildman–Crippen LogP) is 4.30. The van der Waals surface area contributed by atoms with Crippen molar-refractivity contribution in [2.24, 2.45) is 5.92 Å². The third-order valence-corrected chi connectivity index (χ3v) is 6.23. The van der Waals surface area contributed by atoms with E-state index in [1.807, 2.05) is 0 Å². The van der Waals surface area contributed by atoms with Gasteiger partial charge in [0.15, 0.2) is 5.58 Å². The summed E-state index contributed by atoms with van der Waals surface area (Å²) in [6.45, 7) is 5.75. The van der Waals surface area contributed by atoms with Crippen molar-refractivity contribution in [1.82, 2.24) is 0 Å². The molecule has 192 valence electrons. The summed E-state index contributed by atoms with van der Waals surface area (Å²) in [6.07, 6.45) is -3.00. The number of esters is 1. The van der Waals surface area contributed by atoms with Crippen molar-refractivity contribution in [3.63, 3.8) is 0 Å². The van der Waals surface area contributed by atoms with E-state index in [1.165, 1.54) is 36.4 Å². The highest BCUT2D eigenvalue weighted by Gasteiger charge is 2.41. The quantitative estimate of drug-likeness (QED) is 0.485. The van der Waals surface area contributed by atoms with E-state index in [4.69, 9.17) is 13.9 Å². The zero-order valence-corrected chi connectivity index (χ0v) is 19.9. The van der Waals surface area contributed by atoms with Crippen molar-refractivity contribution in [2.45, 2.75) is 39.4 Å². The van der Waals surface area contributed by atoms with Crippen molar-refractivity contribution in [3.05, 3.63) is 63.5 Å². The van der Waals surface area contributed by atoms with Crippen molar-refractivity contribution >= 4 is 16.9 Å². The Morgan fingerprint density at radius 1 is 1.19 bits per heavy atom. The van der Waals surface area contributed by atoms with Crippen molar-refractivity contribution in [1.29, 1.82) is 0 Å². The fourth-order valence-electron chi connectivity index (χ4n) is 4.54. The minimum Gasteiger partial charge on any atom is -0.507 e. The van der Waals surface area contributed by atoms with E-state index >= 15 is 0 Å². The molecule has 0 saturated carbocycles. The number of ether oxygens (including phenoxy) is 2. The van der Waals surface area contributed by atoms with Crippen LogP contribution in [0.1, 0.15) is 48.4 Å². The third kappa shape index (κ3) is 5.33. The molecule has 2 atom stereocenters. The van der Waals surface area contributed by atoms with Gasteiger partial charge in [0.25, 0.3) is 5.76 Å². The van der Waals surface area contributed by atoms with E-state index in [9.17, 15) is 27.9 Å². The molecule has 7 nitrogen and oxygen atoms in total. The second-order valence-corrected chi connectivity index (χ2v) is 9.00. The van der Waals surface area contributed by atoms with Crippen LogP contribution in [0.4, 0.5) is 13.2 Å². The normalized spacial score (nSPS) is 18.2. The molecule has 2 heterocycles. The van der Waals surface area contributed by atoms with Crippen LogP contribution in [0.2, 0.25) is 0 Å². The zero-order valence-electron chi connectivity index (χ0n) is 19.9. The van der Waals surface area contributed by atoms with E-state index in [0.717, 1.165) is 30.8 Å². The lowest BCUT2D eigenvalue weighted by molar-refractivity contribution is -0.922. The number of hydrogen-bond donors (Lipinski definition) is 2. The smallest absolute Gasteiger partial charge is 0.453 e. The summed E-state index contributed by atoms with van der Waals surface area (Å²) < 4.78 is 57.6. The maximum atomic E-state index is 14.0. The molecule has 10 heteroatoms. The Hall–Kier alpha value is -3.53. The van der Waals surface area contributed by atoms with Crippen LogP contribution in [0.3, 0.4) is 0 Å². The number of piperidine rings is 1. The second kappa shape index (κ2) is 10.2. The molecule has 1 fully saturated rings. The minimum absolute atomic E-state index is 0.0917. The second-order valence-electron chi connectivity index (χ2n) is 9.00. The summed E-state index contributed by atoms with van der Waals surface area (Å²) in [5.74, 6) is -3.09. The van der Waals surface area contributed by atoms with E-state index in [1.54, 1.807) is 6.92 Å². The lowest BCUT2D eigenvalue weighted by Gasteiger charge is -2.28. The van der Waals surface area contributed by atoms with E-state index in [-0.39, 0.29) is 46.7 Å². The molecule has 0 spiro atoms. The summed E-state index contributed by atoms with van der Waals surface area (Å²) in [6, 6.07) is 7.68. The number of phenols is 1. The van der Waals surface area contributed by atoms with E-state index in [0.29, 0.717) is 5.92 Å². The highest BCUT2D eigenvalue weighted by molar-refractivity contribution is 5.89. The van der Waals surface area contributed by atoms with Gasteiger partial charge in [-0.15, -0.1) is 0 Å². The molecule has 3 aromatic rings. The van der Waals surface area contributed by atoms with Gasteiger partial charge in [-0.3, -0.25) is 4.79 Å². The Morgan fingerprint density at radius 2 is 1.92 bits per heavy atom. The highest BCUT2D eigenvalue weighted by atomic mass is 19.4. The monoisotopic (exact) mass is 506 g/mol. The summed E-state index contributed by atoms with van der Waals surface area (Å²) in [7, 11) is 0. The molecule has 1 aliphatic heterocycles. The summed E-state index contributed by atoms with van der Waals surface area (Å²) in [4.78, 5) is 26.1. The SMILES string of the molecule is CCOC(=O)c1ccc(Oc2c(C(F)(F)F)oc3c(C[NH+]4CCC[C@H](C)C4)c(O)ccc3c2=O)cc1. The number of fused-ring (bicyclic) bond motifs is 1. The molecule has 0 amide bonds. The first-order chi connectivity index (χ1) is 17.1. The number of alkyl halides is 3. The molecule has 0 bridgehead atoms. The predicted molar refractivity (Wildman–Crippen MR) is 124 cm³/mol. The Morgan fingerprint density at radius 3 is 2.56 bits per heavy atom. The van der Waals surface area contributed by atoms with Gasteiger partial charge in [0.2, 0.25) is 11.2 Å². The van der Waals surface area contributed by atoms with Gasteiger partial charge in [0.05, 0.1) is 36.2 Å². The Labute approximate surface area is 205 Å². The Balaban J connectivity index is 1.77. The van der Waals surface area contributed by atoms with Gasteiger partial charge in [-0.05, 0) is 56.2 Å². The first-order valence-electron chi connectivity index (χ1n) is 11.8. The van der Waals surface area contributed by atoms with Crippen LogP contribution in [-0.2, 0) is 17.5 Å². The molecule has 0 aliphatic carbocycles. The van der Waals surface area contributed by atoms with Gasteiger partial charge in [0, 0.05) is 5.92 Å². The number of likely N-dealkylation sites (tertiary alicyclic amines) is 1. The van der Waals surface area contributed by atoms with Gasteiger partial charge in [0.1, 0.15) is 18.0 Å². The standard InChI is InChI=1S/C26H26F3NO6/c1-3-34-25(33)16-6-8-17(9-7-16)35-23-21(32)18-10-11-20(31)19(14-30-12-4-5-15(2)13-30)22(18)36-24(23)26(27,28)29/h6-11,15,31H,3-5,12-14H2,1-2H3/p+1/t15-/m0/s1. The number of carbonyl (C=O) groups is 1. The molecule has 1 unspecified atom stereocenters. The average Bonchev–Trinajstić information content (AvgIpc) is 2.82. The number of phenolic OH excluding ortho intramolecular Hbond substituents is 1. The summed E-state index contributed by atoms with van der Waals surface area (Å²) in [5.41, 5.74) is -0.977. The van der Waals surface area contributed by atoms with Crippen LogP contribution in [0.25, 0.3) is 11.0 Å². The number of rotatable bonds is 6. The van der Waals surface area contributed by atoms with Crippen molar-refractivity contribution in [2.75, 3.05) is 19.7 Å². The molecule has 1 saturated heterocycles. The summed E-state index contributed by atoms with van der Waals surface area (Å²) >= 11 is 0. The molecule has 2 N–H and O–H groups in total. The number of hydrogen-bond acceptors (Lipinski definition) is 6. The van der Waals surface area contributed by atoms with Gasteiger partial charge < -0.3 is 23.9 Å². The Kier molecular flexibility index (Phi) is 7.26. The molecule has 36 heavy (non-hydrogen) atoms. The Bertz CT molecular complexity index is 1320. The number of quaternary nitrogens is 1. The fourth-order valence-corrected chi connectivity index (χ4v) is 4.54. The van der Waals surface area contributed by atoms with Crippen LogP contribution in [0, 0.1) is 5.92 Å². The summed E-state index contributed by atoms with van der Waals surface area (Å²) in [5, 5.41) is 10.4. The number of nitrogens with one attached hydrogen (secondary N) is 1. The van der Waals surface area contributed by atoms with Gasteiger partial charge in [-0.1, -0.05) is 6.92 Å². The lowest BCUT2D eigenvalue weighted by Crippen LogP contribution is -3.12. The topological polar surface area (TPSA) is 90.4 Å².